The Hall–Kier alpha value is -1.61. The first kappa shape index (κ1) is 11.2. The Labute approximate surface area is 113 Å². The molecule has 2 saturated heterocycles. The number of rotatable bonds is 2. The molecule has 3 heteroatoms. The molecule has 2 aliphatic heterocycles. The van der Waals surface area contributed by atoms with Gasteiger partial charge in [-0.15, -0.1) is 0 Å². The highest BCUT2D eigenvalue weighted by atomic mass is 15.2. The Kier molecular flexibility index (Phi) is 2.33. The molecule has 0 unspecified atom stereocenters. The van der Waals surface area contributed by atoms with Crippen LogP contribution in [0.15, 0.2) is 36.7 Å². The molecule has 98 valence electrons. The summed E-state index contributed by atoms with van der Waals surface area (Å²) in [7, 11) is 2.06. The summed E-state index contributed by atoms with van der Waals surface area (Å²) >= 11 is 0. The van der Waals surface area contributed by atoms with Gasteiger partial charge in [0.15, 0.2) is 0 Å². The standard InChI is InChI=1S/C16H19N3/c1-18-8-2-3-15(18)14-5-4-13(11-17-14)16-6-9-19(12-16)10-7-16/h2-5,8,11H,6-7,9-10,12H2,1H3. The Balaban J connectivity index is 1.68. The summed E-state index contributed by atoms with van der Waals surface area (Å²) in [4.78, 5) is 7.27. The summed E-state index contributed by atoms with van der Waals surface area (Å²) in [5.41, 5.74) is 4.09. The second kappa shape index (κ2) is 3.94. The molecule has 0 atom stereocenters. The van der Waals surface area contributed by atoms with Crippen molar-refractivity contribution >= 4 is 0 Å². The van der Waals surface area contributed by atoms with Crippen molar-refractivity contribution in [3.05, 3.63) is 42.2 Å². The van der Waals surface area contributed by atoms with Gasteiger partial charge in [0.05, 0.1) is 11.4 Å². The third-order valence-corrected chi connectivity index (χ3v) is 4.92. The third kappa shape index (κ3) is 1.65. The lowest BCUT2D eigenvalue weighted by Crippen LogP contribution is -2.24. The zero-order valence-corrected chi connectivity index (χ0v) is 11.3. The SMILES string of the molecule is Cn1cccc1-c1ccc(C23CCN(CC2)C3)cn1. The maximum atomic E-state index is 4.70. The first-order chi connectivity index (χ1) is 9.27. The lowest BCUT2D eigenvalue weighted by Gasteiger charge is -2.25. The molecule has 2 fully saturated rings. The van der Waals surface area contributed by atoms with Crippen LogP contribution >= 0.6 is 0 Å². The van der Waals surface area contributed by atoms with Crippen molar-refractivity contribution in [2.45, 2.75) is 18.3 Å². The summed E-state index contributed by atoms with van der Waals surface area (Å²) in [6.45, 7) is 3.76. The highest BCUT2D eigenvalue weighted by Crippen LogP contribution is 2.42. The number of hydrogen-bond acceptors (Lipinski definition) is 2. The van der Waals surface area contributed by atoms with E-state index < -0.39 is 0 Å². The molecule has 0 saturated carbocycles. The third-order valence-electron chi connectivity index (χ3n) is 4.92. The minimum Gasteiger partial charge on any atom is -0.349 e. The normalized spacial score (nSPS) is 29.0. The van der Waals surface area contributed by atoms with Crippen LogP contribution in [0.2, 0.25) is 0 Å². The molecule has 0 amide bonds. The monoisotopic (exact) mass is 253 g/mol. The Morgan fingerprint density at radius 3 is 2.53 bits per heavy atom. The van der Waals surface area contributed by atoms with Gasteiger partial charge in [-0.2, -0.15) is 0 Å². The van der Waals surface area contributed by atoms with E-state index in [2.05, 4.69) is 53.2 Å². The second-order valence-electron chi connectivity index (χ2n) is 5.99. The zero-order chi connectivity index (χ0) is 12.9. The minimum atomic E-state index is 0.403. The van der Waals surface area contributed by atoms with Crippen LogP contribution in [0.5, 0.6) is 0 Å². The molecule has 19 heavy (non-hydrogen) atoms. The summed E-state index contributed by atoms with van der Waals surface area (Å²) < 4.78 is 2.12. The van der Waals surface area contributed by atoms with E-state index in [-0.39, 0.29) is 0 Å². The van der Waals surface area contributed by atoms with Gasteiger partial charge in [0.1, 0.15) is 0 Å². The molecular formula is C16H19N3. The fourth-order valence-corrected chi connectivity index (χ4v) is 3.69. The van der Waals surface area contributed by atoms with Gasteiger partial charge in [0.25, 0.3) is 0 Å². The molecular weight excluding hydrogens is 234 g/mol. The predicted octanol–water partition coefficient (Wildman–Crippen LogP) is 2.43. The second-order valence-corrected chi connectivity index (χ2v) is 5.99. The van der Waals surface area contributed by atoms with Crippen LogP contribution in [0.3, 0.4) is 0 Å². The van der Waals surface area contributed by atoms with E-state index in [9.17, 15) is 0 Å². The van der Waals surface area contributed by atoms with Gasteiger partial charge in [-0.3, -0.25) is 4.98 Å². The van der Waals surface area contributed by atoms with Crippen molar-refractivity contribution < 1.29 is 0 Å². The van der Waals surface area contributed by atoms with Crippen molar-refractivity contribution in [1.82, 2.24) is 14.5 Å². The molecule has 0 aliphatic carbocycles. The Morgan fingerprint density at radius 2 is 2.00 bits per heavy atom. The number of nitrogens with zero attached hydrogens (tertiary/aromatic N) is 3. The summed E-state index contributed by atoms with van der Waals surface area (Å²) in [6.07, 6.45) is 6.78. The van der Waals surface area contributed by atoms with E-state index in [1.165, 1.54) is 43.7 Å². The Morgan fingerprint density at radius 1 is 1.16 bits per heavy atom. The lowest BCUT2D eigenvalue weighted by molar-refractivity contribution is 0.364. The molecule has 2 aromatic rings. The van der Waals surface area contributed by atoms with Crippen molar-refractivity contribution in [2.75, 3.05) is 19.6 Å². The van der Waals surface area contributed by atoms with E-state index >= 15 is 0 Å². The molecule has 4 rings (SSSR count). The fraction of sp³-hybridized carbons (Fsp3) is 0.438. The van der Waals surface area contributed by atoms with Gasteiger partial charge in [0.2, 0.25) is 0 Å². The molecule has 4 heterocycles. The average Bonchev–Trinajstić information content (AvgIpc) is 3.15. The highest BCUT2D eigenvalue weighted by molar-refractivity contribution is 5.55. The van der Waals surface area contributed by atoms with Crippen molar-refractivity contribution in [2.24, 2.45) is 7.05 Å². The van der Waals surface area contributed by atoms with Crippen LogP contribution in [-0.4, -0.2) is 34.1 Å². The topological polar surface area (TPSA) is 21.1 Å². The molecule has 0 radical (unpaired) electrons. The van der Waals surface area contributed by atoms with Crippen molar-refractivity contribution in [1.29, 1.82) is 0 Å². The van der Waals surface area contributed by atoms with Crippen molar-refractivity contribution in [3.63, 3.8) is 0 Å². The summed E-state index contributed by atoms with van der Waals surface area (Å²) in [5, 5.41) is 0. The molecule has 3 nitrogen and oxygen atoms in total. The van der Waals surface area contributed by atoms with E-state index in [1.807, 2.05) is 0 Å². The molecule has 2 aromatic heterocycles. The Bertz CT molecular complexity index is 589. The van der Waals surface area contributed by atoms with Crippen LogP contribution in [0.1, 0.15) is 18.4 Å². The first-order valence-corrected chi connectivity index (χ1v) is 7.07. The highest BCUT2D eigenvalue weighted by Gasteiger charge is 2.44. The zero-order valence-electron chi connectivity index (χ0n) is 11.3. The number of aryl methyl sites for hydroxylation is 1. The van der Waals surface area contributed by atoms with Gasteiger partial charge < -0.3 is 9.47 Å². The number of hydrogen-bond donors (Lipinski definition) is 0. The smallest absolute Gasteiger partial charge is 0.0866 e. The van der Waals surface area contributed by atoms with Crippen LogP contribution in [-0.2, 0) is 12.5 Å². The maximum Gasteiger partial charge on any atom is 0.0866 e. The molecule has 2 bridgehead atoms. The summed E-state index contributed by atoms with van der Waals surface area (Å²) in [6, 6.07) is 8.66. The number of piperidine rings is 1. The van der Waals surface area contributed by atoms with Gasteiger partial charge >= 0.3 is 0 Å². The van der Waals surface area contributed by atoms with Crippen LogP contribution in [0.4, 0.5) is 0 Å². The van der Waals surface area contributed by atoms with Gasteiger partial charge in [-0.25, -0.2) is 0 Å². The number of aromatic nitrogens is 2. The first-order valence-electron chi connectivity index (χ1n) is 7.07. The van der Waals surface area contributed by atoms with Crippen LogP contribution in [0, 0.1) is 0 Å². The van der Waals surface area contributed by atoms with E-state index in [0.717, 1.165) is 5.69 Å². The minimum absolute atomic E-state index is 0.403. The van der Waals surface area contributed by atoms with Crippen LogP contribution < -0.4 is 0 Å². The van der Waals surface area contributed by atoms with E-state index in [0.29, 0.717) is 5.41 Å². The maximum absolute atomic E-state index is 4.70. The molecule has 0 spiro atoms. The quantitative estimate of drug-likeness (QED) is 0.819. The lowest BCUT2D eigenvalue weighted by atomic mass is 9.78. The van der Waals surface area contributed by atoms with E-state index in [4.69, 9.17) is 4.98 Å². The molecule has 2 aliphatic rings. The van der Waals surface area contributed by atoms with Crippen LogP contribution in [0.25, 0.3) is 11.4 Å². The predicted molar refractivity (Wildman–Crippen MR) is 76.0 cm³/mol. The molecule has 0 N–H and O–H groups in total. The van der Waals surface area contributed by atoms with Gasteiger partial charge in [0, 0.05) is 31.4 Å². The molecule has 0 aromatic carbocycles. The van der Waals surface area contributed by atoms with Crippen molar-refractivity contribution in [3.8, 4) is 11.4 Å². The fourth-order valence-electron chi connectivity index (χ4n) is 3.69. The number of pyridine rings is 1. The number of fused-ring (bicyclic) bond motifs is 2. The van der Waals surface area contributed by atoms with E-state index in [1.54, 1.807) is 0 Å². The average molecular weight is 253 g/mol. The summed E-state index contributed by atoms with van der Waals surface area (Å²) in [5.74, 6) is 0. The van der Waals surface area contributed by atoms with Gasteiger partial charge in [-0.05, 0) is 49.7 Å². The largest absolute Gasteiger partial charge is 0.349 e. The van der Waals surface area contributed by atoms with Gasteiger partial charge in [-0.1, -0.05) is 6.07 Å².